The molecule has 0 amide bonds. The molecule has 0 radical (unpaired) electrons. The quantitative estimate of drug-likeness (QED) is 0.853. The van der Waals surface area contributed by atoms with E-state index in [1.165, 1.54) is 12.8 Å². The Kier molecular flexibility index (Phi) is 3.61. The van der Waals surface area contributed by atoms with E-state index >= 15 is 0 Å². The van der Waals surface area contributed by atoms with E-state index in [4.69, 9.17) is 11.6 Å². The molecule has 0 saturated carbocycles. The SMILES string of the molecule is CC1CCN(c2nnnn2-c2ccc(Cl)cc2)C(C)C1. The number of halogens is 1. The van der Waals surface area contributed by atoms with E-state index in [2.05, 4.69) is 34.3 Å². The number of aromatic nitrogens is 4. The Hall–Kier alpha value is -1.62. The average molecular weight is 292 g/mol. The Morgan fingerprint density at radius 2 is 1.95 bits per heavy atom. The summed E-state index contributed by atoms with van der Waals surface area (Å²) >= 11 is 5.93. The maximum absolute atomic E-state index is 5.93. The summed E-state index contributed by atoms with van der Waals surface area (Å²) in [5.41, 5.74) is 0.931. The van der Waals surface area contributed by atoms with Crippen LogP contribution in [0.3, 0.4) is 0 Å². The predicted octanol–water partition coefficient (Wildman–Crippen LogP) is 2.94. The molecule has 2 atom stereocenters. The van der Waals surface area contributed by atoms with Crippen molar-refractivity contribution in [2.75, 3.05) is 11.4 Å². The molecule has 0 aliphatic carbocycles. The third kappa shape index (κ3) is 2.50. The van der Waals surface area contributed by atoms with Crippen LogP contribution >= 0.6 is 11.6 Å². The van der Waals surface area contributed by atoms with Crippen molar-refractivity contribution < 1.29 is 0 Å². The lowest BCUT2D eigenvalue weighted by Gasteiger charge is -2.36. The van der Waals surface area contributed by atoms with Gasteiger partial charge in [-0.25, -0.2) is 0 Å². The van der Waals surface area contributed by atoms with Gasteiger partial charge in [-0.1, -0.05) is 23.6 Å². The van der Waals surface area contributed by atoms with Crippen LogP contribution in [0.2, 0.25) is 5.02 Å². The minimum Gasteiger partial charge on any atom is -0.337 e. The standard InChI is InChI=1S/C14H18ClN5/c1-10-7-8-19(11(2)9-10)14-16-17-18-20(14)13-5-3-12(15)4-6-13/h3-6,10-11H,7-9H2,1-2H3. The normalized spacial score (nSPS) is 23.1. The van der Waals surface area contributed by atoms with Gasteiger partial charge in [0, 0.05) is 17.6 Å². The number of hydrogen-bond donors (Lipinski definition) is 0. The number of tetrazole rings is 1. The molecular weight excluding hydrogens is 274 g/mol. The van der Waals surface area contributed by atoms with Crippen molar-refractivity contribution in [3.05, 3.63) is 29.3 Å². The van der Waals surface area contributed by atoms with Crippen LogP contribution in [-0.4, -0.2) is 32.8 Å². The second kappa shape index (κ2) is 5.40. The van der Waals surface area contributed by atoms with Gasteiger partial charge in [0.1, 0.15) is 0 Å². The fourth-order valence-corrected chi connectivity index (χ4v) is 2.94. The van der Waals surface area contributed by atoms with Crippen LogP contribution < -0.4 is 4.90 Å². The lowest BCUT2D eigenvalue weighted by atomic mass is 9.94. The summed E-state index contributed by atoms with van der Waals surface area (Å²) in [6, 6.07) is 8.02. The number of piperidine rings is 1. The minimum atomic E-state index is 0.454. The molecule has 1 fully saturated rings. The van der Waals surface area contributed by atoms with Crippen LogP contribution in [0.15, 0.2) is 24.3 Å². The van der Waals surface area contributed by atoms with E-state index in [9.17, 15) is 0 Å². The molecule has 1 aromatic heterocycles. The highest BCUT2D eigenvalue weighted by Gasteiger charge is 2.27. The molecule has 2 aromatic rings. The van der Waals surface area contributed by atoms with Crippen molar-refractivity contribution in [2.24, 2.45) is 5.92 Å². The molecule has 3 rings (SSSR count). The lowest BCUT2D eigenvalue weighted by Crippen LogP contribution is -2.41. The van der Waals surface area contributed by atoms with E-state index in [0.29, 0.717) is 11.1 Å². The summed E-state index contributed by atoms with van der Waals surface area (Å²) in [4.78, 5) is 2.29. The molecule has 6 heteroatoms. The molecule has 1 aromatic carbocycles. The third-order valence-corrected chi connectivity index (χ3v) is 4.17. The largest absolute Gasteiger partial charge is 0.337 e. The highest BCUT2D eigenvalue weighted by molar-refractivity contribution is 6.30. The summed E-state index contributed by atoms with van der Waals surface area (Å²) in [6.45, 7) is 5.53. The van der Waals surface area contributed by atoms with Crippen molar-refractivity contribution in [3.63, 3.8) is 0 Å². The van der Waals surface area contributed by atoms with Crippen LogP contribution in [-0.2, 0) is 0 Å². The van der Waals surface area contributed by atoms with Gasteiger partial charge in [-0.2, -0.15) is 4.68 Å². The molecular formula is C14H18ClN5. The second-order valence-corrected chi connectivity index (χ2v) is 5.98. The summed E-state index contributed by atoms with van der Waals surface area (Å²) in [7, 11) is 0. The first-order chi connectivity index (χ1) is 9.65. The van der Waals surface area contributed by atoms with Crippen molar-refractivity contribution in [3.8, 4) is 5.69 Å². The highest BCUT2D eigenvalue weighted by atomic mass is 35.5. The number of benzene rings is 1. The second-order valence-electron chi connectivity index (χ2n) is 5.54. The van der Waals surface area contributed by atoms with Crippen LogP contribution in [0.4, 0.5) is 5.95 Å². The Morgan fingerprint density at radius 3 is 2.65 bits per heavy atom. The highest BCUT2D eigenvalue weighted by Crippen LogP contribution is 2.27. The van der Waals surface area contributed by atoms with Crippen LogP contribution in [0, 0.1) is 5.92 Å². The van der Waals surface area contributed by atoms with Crippen molar-refractivity contribution in [1.82, 2.24) is 20.2 Å². The Bertz CT molecular complexity index is 580. The zero-order valence-electron chi connectivity index (χ0n) is 11.7. The van der Waals surface area contributed by atoms with E-state index in [-0.39, 0.29) is 0 Å². The van der Waals surface area contributed by atoms with Gasteiger partial charge in [-0.3, -0.25) is 0 Å². The molecule has 0 spiro atoms. The van der Waals surface area contributed by atoms with Gasteiger partial charge in [0.25, 0.3) is 5.95 Å². The summed E-state index contributed by atoms with van der Waals surface area (Å²) in [5.74, 6) is 1.58. The van der Waals surface area contributed by atoms with E-state index < -0.39 is 0 Å². The Morgan fingerprint density at radius 1 is 1.20 bits per heavy atom. The van der Waals surface area contributed by atoms with E-state index in [1.807, 2.05) is 24.3 Å². The minimum absolute atomic E-state index is 0.454. The van der Waals surface area contributed by atoms with Gasteiger partial charge in [0.15, 0.2) is 0 Å². The predicted molar refractivity (Wildman–Crippen MR) is 79.4 cm³/mol. The van der Waals surface area contributed by atoms with Gasteiger partial charge in [-0.15, -0.1) is 0 Å². The summed E-state index contributed by atoms with van der Waals surface area (Å²) in [5, 5.41) is 12.9. The Balaban J connectivity index is 1.92. The first-order valence-electron chi connectivity index (χ1n) is 6.96. The van der Waals surface area contributed by atoms with Gasteiger partial charge in [0.2, 0.25) is 0 Å². The smallest absolute Gasteiger partial charge is 0.250 e. The first-order valence-corrected chi connectivity index (χ1v) is 7.34. The molecule has 1 aliphatic rings. The lowest BCUT2D eigenvalue weighted by molar-refractivity contribution is 0.372. The molecule has 0 N–H and O–H groups in total. The van der Waals surface area contributed by atoms with Crippen LogP contribution in [0.5, 0.6) is 0 Å². The molecule has 20 heavy (non-hydrogen) atoms. The Labute approximate surface area is 123 Å². The van der Waals surface area contributed by atoms with Crippen LogP contribution in [0.25, 0.3) is 5.69 Å². The molecule has 2 unspecified atom stereocenters. The van der Waals surface area contributed by atoms with Gasteiger partial charge >= 0.3 is 0 Å². The van der Waals surface area contributed by atoms with E-state index in [0.717, 1.165) is 24.1 Å². The van der Waals surface area contributed by atoms with Gasteiger partial charge in [-0.05, 0) is 60.4 Å². The van der Waals surface area contributed by atoms with E-state index in [1.54, 1.807) is 4.68 Å². The maximum Gasteiger partial charge on any atom is 0.250 e. The molecule has 106 valence electrons. The number of anilines is 1. The van der Waals surface area contributed by atoms with Crippen molar-refractivity contribution in [2.45, 2.75) is 32.7 Å². The zero-order chi connectivity index (χ0) is 14.1. The fraction of sp³-hybridized carbons (Fsp3) is 0.500. The zero-order valence-corrected chi connectivity index (χ0v) is 12.5. The number of rotatable bonds is 2. The van der Waals surface area contributed by atoms with Gasteiger partial charge in [0.05, 0.1) is 5.69 Å². The van der Waals surface area contributed by atoms with Crippen LogP contribution in [0.1, 0.15) is 26.7 Å². The summed E-state index contributed by atoms with van der Waals surface area (Å²) in [6.07, 6.45) is 2.35. The number of hydrogen-bond acceptors (Lipinski definition) is 4. The fourth-order valence-electron chi connectivity index (χ4n) is 2.82. The van der Waals surface area contributed by atoms with Crippen molar-refractivity contribution >= 4 is 17.5 Å². The molecule has 1 saturated heterocycles. The maximum atomic E-state index is 5.93. The number of nitrogens with zero attached hydrogens (tertiary/aromatic N) is 5. The molecule has 2 heterocycles. The summed E-state index contributed by atoms with van der Waals surface area (Å²) < 4.78 is 1.78. The van der Waals surface area contributed by atoms with Crippen molar-refractivity contribution in [1.29, 1.82) is 0 Å². The topological polar surface area (TPSA) is 46.8 Å². The first kappa shape index (κ1) is 13.4. The molecule has 5 nitrogen and oxygen atoms in total. The average Bonchev–Trinajstić information content (AvgIpc) is 2.88. The third-order valence-electron chi connectivity index (χ3n) is 3.92. The monoisotopic (exact) mass is 291 g/mol. The molecule has 1 aliphatic heterocycles. The molecule has 0 bridgehead atoms. The van der Waals surface area contributed by atoms with Gasteiger partial charge < -0.3 is 4.90 Å².